The van der Waals surface area contributed by atoms with Crippen LogP contribution in [0.5, 0.6) is 0 Å². The fourth-order valence-corrected chi connectivity index (χ4v) is 8.31. The first-order valence-electron chi connectivity index (χ1n) is 12.0. The van der Waals surface area contributed by atoms with Gasteiger partial charge in [0, 0.05) is 31.8 Å². The molecule has 0 bridgehead atoms. The second-order valence-electron chi connectivity index (χ2n) is 11.0. The van der Waals surface area contributed by atoms with Crippen molar-refractivity contribution in [1.82, 2.24) is 0 Å². The number of esters is 2. The van der Waals surface area contributed by atoms with E-state index in [1.807, 2.05) is 0 Å². The van der Waals surface area contributed by atoms with E-state index in [-0.39, 0.29) is 40.6 Å². The summed E-state index contributed by atoms with van der Waals surface area (Å²) in [6, 6.07) is 0. The average molecular weight is 443 g/mol. The second-order valence-corrected chi connectivity index (χ2v) is 11.0. The lowest BCUT2D eigenvalue weighted by Crippen LogP contribution is -2.60. The molecule has 3 unspecified atom stereocenters. The molecule has 0 radical (unpaired) electrons. The summed E-state index contributed by atoms with van der Waals surface area (Å²) in [6.07, 6.45) is 11.1. The summed E-state index contributed by atoms with van der Waals surface area (Å²) < 4.78 is 17.4. The van der Waals surface area contributed by atoms with Crippen LogP contribution in [0.25, 0.3) is 0 Å². The van der Waals surface area contributed by atoms with Crippen LogP contribution in [0.2, 0.25) is 0 Å². The number of carbonyl (C=O) groups is 3. The van der Waals surface area contributed by atoms with Gasteiger partial charge in [0.05, 0.1) is 6.26 Å². The lowest BCUT2D eigenvalue weighted by atomic mass is 9.46. The largest absolute Gasteiger partial charge is 0.482 e. The summed E-state index contributed by atoms with van der Waals surface area (Å²) in [5.74, 6) is 0.545. The highest BCUT2D eigenvalue weighted by atomic mass is 16.6. The first-order chi connectivity index (χ1) is 15.1. The molecule has 6 nitrogen and oxygen atoms in total. The normalized spacial score (nSPS) is 46.6. The smallest absolute Gasteiger partial charge is 0.303 e. The summed E-state index contributed by atoms with van der Waals surface area (Å²) >= 11 is 0. The van der Waals surface area contributed by atoms with Crippen LogP contribution in [0.4, 0.5) is 0 Å². The van der Waals surface area contributed by atoms with Gasteiger partial charge in [-0.05, 0) is 61.7 Å². The molecule has 3 fully saturated rings. The quantitative estimate of drug-likeness (QED) is 0.469. The van der Waals surface area contributed by atoms with Crippen LogP contribution >= 0.6 is 0 Å². The molecular weight excluding hydrogens is 408 g/mol. The SMILES string of the molecule is CC(=O)O[C@H]1CC[C@@]2(C)C(=CCC3C2CC[C@@]2(C)C3C[C@H](OC(C)=O)[C@@]23OC=CC3=O)C1. The van der Waals surface area contributed by atoms with Crippen LogP contribution in [-0.2, 0) is 28.6 Å². The van der Waals surface area contributed by atoms with Crippen molar-refractivity contribution in [1.29, 1.82) is 0 Å². The highest BCUT2D eigenvalue weighted by molar-refractivity contribution is 6.00. The van der Waals surface area contributed by atoms with E-state index in [0.717, 1.165) is 38.5 Å². The fraction of sp³-hybridized carbons (Fsp3) is 0.731. The minimum atomic E-state index is -1.09. The summed E-state index contributed by atoms with van der Waals surface area (Å²) in [4.78, 5) is 36.6. The average Bonchev–Trinajstić information content (AvgIpc) is 3.22. The van der Waals surface area contributed by atoms with Crippen molar-refractivity contribution in [3.63, 3.8) is 0 Å². The molecule has 4 aliphatic carbocycles. The Morgan fingerprint density at radius 2 is 1.81 bits per heavy atom. The number of ketones is 1. The molecule has 32 heavy (non-hydrogen) atoms. The Balaban J connectivity index is 1.47. The van der Waals surface area contributed by atoms with E-state index < -0.39 is 11.7 Å². The van der Waals surface area contributed by atoms with Gasteiger partial charge in [0.15, 0.2) is 0 Å². The van der Waals surface area contributed by atoms with Crippen molar-refractivity contribution in [2.45, 2.75) is 90.4 Å². The number of hydrogen-bond acceptors (Lipinski definition) is 6. The molecule has 0 amide bonds. The van der Waals surface area contributed by atoms with Gasteiger partial charge < -0.3 is 14.2 Å². The number of carbonyl (C=O) groups excluding carboxylic acids is 3. The van der Waals surface area contributed by atoms with Crippen molar-refractivity contribution in [2.75, 3.05) is 0 Å². The van der Waals surface area contributed by atoms with Crippen molar-refractivity contribution in [3.8, 4) is 0 Å². The van der Waals surface area contributed by atoms with Crippen molar-refractivity contribution in [2.24, 2.45) is 28.6 Å². The van der Waals surface area contributed by atoms with Crippen molar-refractivity contribution in [3.05, 3.63) is 24.0 Å². The van der Waals surface area contributed by atoms with E-state index in [1.54, 1.807) is 0 Å². The molecule has 0 saturated heterocycles. The Bertz CT molecular complexity index is 919. The Morgan fingerprint density at radius 3 is 2.47 bits per heavy atom. The summed E-state index contributed by atoms with van der Waals surface area (Å²) in [5, 5.41) is 0. The van der Waals surface area contributed by atoms with Gasteiger partial charge in [0.2, 0.25) is 11.4 Å². The molecule has 0 N–H and O–H groups in total. The lowest BCUT2D eigenvalue weighted by Gasteiger charge is -2.58. The lowest BCUT2D eigenvalue weighted by molar-refractivity contribution is -0.179. The maximum atomic E-state index is 13.2. The molecule has 0 aromatic rings. The number of allylic oxidation sites excluding steroid dienone is 1. The molecule has 5 aliphatic rings. The third-order valence-corrected chi connectivity index (χ3v) is 9.70. The molecule has 174 valence electrons. The summed E-state index contributed by atoms with van der Waals surface area (Å²) in [6.45, 7) is 7.46. The highest BCUT2D eigenvalue weighted by Gasteiger charge is 2.73. The van der Waals surface area contributed by atoms with Gasteiger partial charge >= 0.3 is 11.9 Å². The maximum absolute atomic E-state index is 13.2. The van der Waals surface area contributed by atoms with E-state index in [4.69, 9.17) is 14.2 Å². The molecule has 1 spiro atoms. The van der Waals surface area contributed by atoms with Crippen LogP contribution in [0.15, 0.2) is 24.0 Å². The topological polar surface area (TPSA) is 78.9 Å². The van der Waals surface area contributed by atoms with Gasteiger partial charge in [-0.3, -0.25) is 14.4 Å². The Kier molecular flexibility index (Phi) is 4.88. The van der Waals surface area contributed by atoms with Gasteiger partial charge in [-0.2, -0.15) is 0 Å². The third kappa shape index (κ3) is 2.80. The van der Waals surface area contributed by atoms with Crippen LogP contribution in [0, 0.1) is 28.6 Å². The van der Waals surface area contributed by atoms with E-state index >= 15 is 0 Å². The van der Waals surface area contributed by atoms with Gasteiger partial charge in [-0.25, -0.2) is 0 Å². The Morgan fingerprint density at radius 1 is 1.06 bits per heavy atom. The predicted molar refractivity (Wildman–Crippen MR) is 116 cm³/mol. The molecule has 1 heterocycles. The van der Waals surface area contributed by atoms with E-state index in [0.29, 0.717) is 18.3 Å². The number of ether oxygens (including phenoxy) is 3. The molecule has 3 saturated carbocycles. The summed E-state index contributed by atoms with van der Waals surface area (Å²) in [7, 11) is 0. The van der Waals surface area contributed by atoms with E-state index in [2.05, 4.69) is 19.9 Å². The Labute approximate surface area is 189 Å². The van der Waals surface area contributed by atoms with Gasteiger partial charge in [-0.1, -0.05) is 25.5 Å². The van der Waals surface area contributed by atoms with Gasteiger partial charge in [0.25, 0.3) is 0 Å². The zero-order chi connectivity index (χ0) is 22.9. The molecule has 0 aromatic heterocycles. The van der Waals surface area contributed by atoms with Gasteiger partial charge in [0.1, 0.15) is 12.2 Å². The van der Waals surface area contributed by atoms with Crippen LogP contribution in [-0.4, -0.2) is 35.5 Å². The predicted octanol–water partition coefficient (Wildman–Crippen LogP) is 4.27. The standard InChI is InChI=1S/C26H34O6/c1-15(27)31-18-7-10-24(3)17(13-18)5-6-19-20(24)8-11-25(4)21(19)14-23(32-16(2)28)26(25)22(29)9-12-30-26/h5,9,12,18-21,23H,6-8,10-11,13-14H2,1-4H3/t18-,19?,20?,21?,23-,24-,25-,26+/m0/s1. The number of rotatable bonds is 2. The minimum Gasteiger partial charge on any atom is -0.482 e. The molecule has 1 aliphatic heterocycles. The second kappa shape index (κ2) is 7.19. The number of hydrogen-bond donors (Lipinski definition) is 0. The first kappa shape index (κ1) is 21.7. The molecular formula is C26H34O6. The van der Waals surface area contributed by atoms with Gasteiger partial charge in [-0.15, -0.1) is 0 Å². The molecule has 0 aromatic carbocycles. The molecule has 8 atom stereocenters. The fourth-order valence-electron chi connectivity index (χ4n) is 8.31. The third-order valence-electron chi connectivity index (χ3n) is 9.70. The van der Waals surface area contributed by atoms with Crippen molar-refractivity contribution < 1.29 is 28.6 Å². The Hall–Kier alpha value is -2.11. The molecule has 6 heteroatoms. The zero-order valence-electron chi connectivity index (χ0n) is 19.5. The first-order valence-corrected chi connectivity index (χ1v) is 12.0. The highest BCUT2D eigenvalue weighted by Crippen LogP contribution is 2.69. The van der Waals surface area contributed by atoms with Crippen LogP contribution < -0.4 is 0 Å². The monoisotopic (exact) mass is 442 g/mol. The van der Waals surface area contributed by atoms with Crippen molar-refractivity contribution >= 4 is 17.7 Å². The van der Waals surface area contributed by atoms with Crippen LogP contribution in [0.1, 0.15) is 72.6 Å². The zero-order valence-corrected chi connectivity index (χ0v) is 19.5. The van der Waals surface area contributed by atoms with Crippen LogP contribution in [0.3, 0.4) is 0 Å². The minimum absolute atomic E-state index is 0.0177. The van der Waals surface area contributed by atoms with E-state index in [1.165, 1.54) is 31.8 Å². The maximum Gasteiger partial charge on any atom is 0.303 e. The summed E-state index contributed by atoms with van der Waals surface area (Å²) in [5.41, 5.74) is 0.0586. The number of fused-ring (bicyclic) bond motifs is 6. The van der Waals surface area contributed by atoms with E-state index in [9.17, 15) is 14.4 Å². The molecule has 5 rings (SSSR count).